The predicted octanol–water partition coefficient (Wildman–Crippen LogP) is 0.112. The summed E-state index contributed by atoms with van der Waals surface area (Å²) in [5.41, 5.74) is 7.10. The van der Waals surface area contributed by atoms with E-state index in [1.165, 1.54) is 0 Å². The number of Topliss-reactive ketones (excluding diaryl/α,β-unsaturated/α-hetero) is 1. The Bertz CT molecular complexity index is 391. The summed E-state index contributed by atoms with van der Waals surface area (Å²) in [5, 5.41) is 0. The lowest BCUT2D eigenvalue weighted by Crippen LogP contribution is -3.00. The molecule has 3 nitrogen and oxygen atoms in total. The lowest BCUT2D eigenvalue weighted by atomic mass is 10.1. The third-order valence-corrected chi connectivity index (χ3v) is 4.28. The molecule has 1 aromatic carbocycles. The average Bonchev–Trinajstić information content (AvgIpc) is 2.45. The highest BCUT2D eigenvalue weighted by Gasteiger charge is 2.20. The molecule has 4 heteroatoms. The minimum absolute atomic E-state index is 0. The average molecular weight is 343 g/mol. The highest BCUT2D eigenvalue weighted by atomic mass is 79.9. The number of rotatable bonds is 8. The van der Waals surface area contributed by atoms with Crippen molar-refractivity contribution >= 4 is 11.5 Å². The van der Waals surface area contributed by atoms with Gasteiger partial charge in [0, 0.05) is 24.1 Å². The zero-order valence-corrected chi connectivity index (χ0v) is 14.4. The van der Waals surface area contributed by atoms with Crippen molar-refractivity contribution in [2.45, 2.75) is 33.6 Å². The summed E-state index contributed by atoms with van der Waals surface area (Å²) in [4.78, 5) is 12.1. The summed E-state index contributed by atoms with van der Waals surface area (Å²) < 4.78 is 1.11. The Hall–Kier alpha value is -0.870. The van der Waals surface area contributed by atoms with Crippen molar-refractivity contribution in [1.29, 1.82) is 0 Å². The first-order valence-electron chi connectivity index (χ1n) is 7.30. The molecule has 0 aliphatic carbocycles. The van der Waals surface area contributed by atoms with E-state index in [1.54, 1.807) is 12.1 Å². The highest BCUT2D eigenvalue weighted by molar-refractivity contribution is 5.96. The maximum Gasteiger partial charge on any atom is 0.163 e. The molecule has 0 heterocycles. The minimum Gasteiger partial charge on any atom is -1.00 e. The Labute approximate surface area is 133 Å². The maximum absolute atomic E-state index is 12.1. The zero-order valence-electron chi connectivity index (χ0n) is 12.9. The van der Waals surface area contributed by atoms with Crippen LogP contribution in [0.5, 0.6) is 0 Å². The molecule has 1 rings (SSSR count). The Morgan fingerprint density at radius 2 is 1.55 bits per heavy atom. The number of halogens is 1. The number of nitrogens with two attached hydrogens (primary N) is 1. The first kappa shape index (κ1) is 19.1. The summed E-state index contributed by atoms with van der Waals surface area (Å²) in [6.45, 7) is 11.2. The van der Waals surface area contributed by atoms with Crippen LogP contribution in [0.3, 0.4) is 0 Å². The molecule has 0 aliphatic heterocycles. The van der Waals surface area contributed by atoms with Crippen molar-refractivity contribution in [2.24, 2.45) is 0 Å². The number of nitrogen functional groups attached to an aromatic ring is 1. The quantitative estimate of drug-likeness (QED) is 0.414. The van der Waals surface area contributed by atoms with E-state index in [4.69, 9.17) is 5.73 Å². The second-order valence-corrected chi connectivity index (χ2v) is 5.16. The molecule has 0 spiro atoms. The monoisotopic (exact) mass is 342 g/mol. The van der Waals surface area contributed by atoms with Gasteiger partial charge in [0.1, 0.15) is 0 Å². The van der Waals surface area contributed by atoms with Crippen molar-refractivity contribution in [1.82, 2.24) is 0 Å². The lowest BCUT2D eigenvalue weighted by Gasteiger charge is -2.35. The molecule has 0 aromatic heterocycles. The van der Waals surface area contributed by atoms with E-state index in [2.05, 4.69) is 20.8 Å². The van der Waals surface area contributed by atoms with Crippen molar-refractivity contribution in [3.63, 3.8) is 0 Å². The number of hydrogen-bond donors (Lipinski definition) is 1. The summed E-state index contributed by atoms with van der Waals surface area (Å²) in [6.07, 6.45) is 1.59. The van der Waals surface area contributed by atoms with Crippen molar-refractivity contribution in [3.8, 4) is 0 Å². The minimum atomic E-state index is 0. The van der Waals surface area contributed by atoms with Gasteiger partial charge in [-0.05, 0) is 45.0 Å². The first-order chi connectivity index (χ1) is 9.06. The van der Waals surface area contributed by atoms with Crippen LogP contribution in [0.2, 0.25) is 0 Å². The van der Waals surface area contributed by atoms with Gasteiger partial charge in [0.05, 0.1) is 26.2 Å². The van der Waals surface area contributed by atoms with Gasteiger partial charge in [0.25, 0.3) is 0 Å². The Morgan fingerprint density at radius 1 is 1.05 bits per heavy atom. The highest BCUT2D eigenvalue weighted by Crippen LogP contribution is 2.12. The van der Waals surface area contributed by atoms with Crippen LogP contribution in [0, 0.1) is 0 Å². The van der Waals surface area contributed by atoms with Crippen LogP contribution in [-0.2, 0) is 0 Å². The summed E-state index contributed by atoms with van der Waals surface area (Å²) in [5.74, 6) is 0.224. The number of anilines is 1. The molecular formula is C16H27BrN2O. The molecule has 0 radical (unpaired) electrons. The molecule has 114 valence electrons. The van der Waals surface area contributed by atoms with Crippen molar-refractivity contribution < 1.29 is 26.3 Å². The summed E-state index contributed by atoms with van der Waals surface area (Å²) in [7, 11) is 0. The topological polar surface area (TPSA) is 43.1 Å². The maximum atomic E-state index is 12.1. The van der Waals surface area contributed by atoms with Crippen LogP contribution in [0.1, 0.15) is 44.0 Å². The molecule has 2 N–H and O–H groups in total. The fourth-order valence-corrected chi connectivity index (χ4v) is 2.53. The number of hydrogen-bond acceptors (Lipinski definition) is 2. The fourth-order valence-electron chi connectivity index (χ4n) is 2.53. The second kappa shape index (κ2) is 9.14. The van der Waals surface area contributed by atoms with Gasteiger partial charge in [0.2, 0.25) is 0 Å². The van der Waals surface area contributed by atoms with E-state index in [-0.39, 0.29) is 22.8 Å². The van der Waals surface area contributed by atoms with Crippen LogP contribution in [0.15, 0.2) is 24.3 Å². The fraction of sp³-hybridized carbons (Fsp3) is 0.562. The third kappa shape index (κ3) is 5.25. The number of nitrogens with zero attached hydrogens (tertiary/aromatic N) is 1. The van der Waals surface area contributed by atoms with Crippen molar-refractivity contribution in [2.75, 3.05) is 31.9 Å². The van der Waals surface area contributed by atoms with Crippen molar-refractivity contribution in [3.05, 3.63) is 29.8 Å². The van der Waals surface area contributed by atoms with Gasteiger partial charge in [-0.15, -0.1) is 0 Å². The first-order valence-corrected chi connectivity index (χ1v) is 7.30. The SMILES string of the molecule is CC[N+](CC)(CC)CCCC(=O)c1ccc(N)cc1.[Br-]. The van der Waals surface area contributed by atoms with Gasteiger partial charge in [-0.3, -0.25) is 4.79 Å². The van der Waals surface area contributed by atoms with Crippen LogP contribution in [-0.4, -0.2) is 36.4 Å². The molecule has 20 heavy (non-hydrogen) atoms. The normalized spacial score (nSPS) is 10.9. The standard InChI is InChI=1S/C16H26N2O.BrH/c1-4-18(5-2,6-3)13-7-8-16(19)14-9-11-15(17)12-10-14;/h9-12H,4-8,13H2,1-3H3,(H-,17,19);1H. The van der Waals surface area contributed by atoms with Gasteiger partial charge in [0.15, 0.2) is 5.78 Å². The molecule has 0 atom stereocenters. The number of ketones is 1. The third-order valence-electron chi connectivity index (χ3n) is 4.28. The van der Waals surface area contributed by atoms with Crippen LogP contribution < -0.4 is 22.7 Å². The smallest absolute Gasteiger partial charge is 0.163 e. The predicted molar refractivity (Wildman–Crippen MR) is 81.2 cm³/mol. The van der Waals surface area contributed by atoms with E-state index in [0.29, 0.717) is 12.1 Å². The molecular weight excluding hydrogens is 316 g/mol. The Balaban J connectivity index is 0.00000361. The summed E-state index contributed by atoms with van der Waals surface area (Å²) in [6, 6.07) is 7.22. The van der Waals surface area contributed by atoms with E-state index >= 15 is 0 Å². The molecule has 0 aliphatic rings. The molecule has 0 bridgehead atoms. The number of benzene rings is 1. The lowest BCUT2D eigenvalue weighted by molar-refractivity contribution is -0.923. The molecule has 0 saturated carbocycles. The van der Waals surface area contributed by atoms with Gasteiger partial charge in [-0.25, -0.2) is 0 Å². The second-order valence-electron chi connectivity index (χ2n) is 5.16. The number of carbonyl (C=O) groups excluding carboxylic acids is 1. The van der Waals surface area contributed by atoms with E-state index in [1.807, 2.05) is 12.1 Å². The van der Waals surface area contributed by atoms with E-state index in [9.17, 15) is 4.79 Å². The van der Waals surface area contributed by atoms with Gasteiger partial charge < -0.3 is 27.2 Å². The van der Waals surface area contributed by atoms with Gasteiger partial charge >= 0.3 is 0 Å². The van der Waals surface area contributed by atoms with Crippen LogP contribution >= 0.6 is 0 Å². The van der Waals surface area contributed by atoms with Crippen LogP contribution in [0.4, 0.5) is 5.69 Å². The Kier molecular flexibility index (Phi) is 8.74. The van der Waals surface area contributed by atoms with Crippen LogP contribution in [0.25, 0.3) is 0 Å². The molecule has 0 unspecified atom stereocenters. The number of quaternary nitrogens is 1. The summed E-state index contributed by atoms with van der Waals surface area (Å²) >= 11 is 0. The number of carbonyl (C=O) groups is 1. The van der Waals surface area contributed by atoms with E-state index in [0.717, 1.165) is 42.6 Å². The van der Waals surface area contributed by atoms with Gasteiger partial charge in [-0.1, -0.05) is 0 Å². The largest absolute Gasteiger partial charge is 1.00 e. The molecule has 0 saturated heterocycles. The van der Waals surface area contributed by atoms with Gasteiger partial charge in [-0.2, -0.15) is 0 Å². The van der Waals surface area contributed by atoms with E-state index < -0.39 is 0 Å². The zero-order chi connectivity index (χ0) is 14.3. The molecule has 0 amide bonds. The molecule has 1 aromatic rings. The Morgan fingerprint density at radius 3 is 2.00 bits per heavy atom. The molecule has 0 fully saturated rings.